The summed E-state index contributed by atoms with van der Waals surface area (Å²) >= 11 is 0. The van der Waals surface area contributed by atoms with Gasteiger partial charge in [0, 0.05) is 32.7 Å². The van der Waals surface area contributed by atoms with E-state index in [9.17, 15) is 13.2 Å². The number of carbonyl (C=O) groups is 1. The van der Waals surface area contributed by atoms with Crippen LogP contribution in [0, 0.1) is 5.92 Å². The minimum atomic E-state index is -3.51. The van der Waals surface area contributed by atoms with Crippen molar-refractivity contribution in [1.29, 1.82) is 0 Å². The van der Waals surface area contributed by atoms with Gasteiger partial charge in [-0.2, -0.15) is 4.31 Å². The Morgan fingerprint density at radius 1 is 1.11 bits per heavy atom. The van der Waals surface area contributed by atoms with Crippen LogP contribution in [0.1, 0.15) is 24.8 Å². The summed E-state index contributed by atoms with van der Waals surface area (Å²) in [5, 5.41) is 0. The Kier molecular flexibility index (Phi) is 4.00. The van der Waals surface area contributed by atoms with Crippen LogP contribution in [0.5, 0.6) is 0 Å². The fourth-order valence-corrected chi connectivity index (χ4v) is 6.84. The summed E-state index contributed by atoms with van der Waals surface area (Å²) in [7, 11) is -3.51. The maximum Gasteiger partial charge on any atom is 0.320 e. The standard InChI is InChI=1S/C19H25N3O4S/c23-18(20-9-11-26-12-10-20)21-8-7-19(14-21)16-3-1-2-4-17(16)27(24,25)22(19)13-15-5-6-15/h1-4,15H,5-14H2. The Morgan fingerprint density at radius 3 is 2.59 bits per heavy atom. The summed E-state index contributed by atoms with van der Waals surface area (Å²) in [6.07, 6.45) is 2.84. The Bertz CT molecular complexity index is 863. The minimum absolute atomic E-state index is 0.00308. The van der Waals surface area contributed by atoms with Gasteiger partial charge in [-0.15, -0.1) is 0 Å². The van der Waals surface area contributed by atoms with Gasteiger partial charge in [0.15, 0.2) is 0 Å². The Labute approximate surface area is 159 Å². The summed E-state index contributed by atoms with van der Waals surface area (Å²) in [6, 6.07) is 7.34. The second-order valence-corrected chi connectivity index (χ2v) is 9.89. The lowest BCUT2D eigenvalue weighted by molar-refractivity contribution is 0.0439. The number of benzene rings is 1. The van der Waals surface area contributed by atoms with Crippen LogP contribution in [-0.4, -0.2) is 74.5 Å². The highest BCUT2D eigenvalue weighted by Gasteiger charge is 2.58. The van der Waals surface area contributed by atoms with Gasteiger partial charge in [-0.25, -0.2) is 13.2 Å². The summed E-state index contributed by atoms with van der Waals surface area (Å²) in [5.74, 6) is 0.454. The average Bonchev–Trinajstić information content (AvgIpc) is 3.38. The molecular weight excluding hydrogens is 366 g/mol. The van der Waals surface area contributed by atoms with Crippen molar-refractivity contribution in [1.82, 2.24) is 14.1 Å². The molecule has 1 unspecified atom stereocenters. The molecule has 0 bridgehead atoms. The second-order valence-electron chi connectivity index (χ2n) is 8.06. The molecule has 2 saturated heterocycles. The first-order chi connectivity index (χ1) is 13.0. The second kappa shape index (κ2) is 6.18. The molecule has 1 aliphatic carbocycles. The van der Waals surface area contributed by atoms with E-state index in [2.05, 4.69) is 0 Å². The summed E-state index contributed by atoms with van der Waals surface area (Å²) < 4.78 is 33.6. The number of urea groups is 1. The lowest BCUT2D eigenvalue weighted by Gasteiger charge is -2.35. The molecule has 27 heavy (non-hydrogen) atoms. The highest BCUT2D eigenvalue weighted by molar-refractivity contribution is 7.89. The maximum atomic E-state index is 13.3. The molecule has 1 atom stereocenters. The van der Waals surface area contributed by atoms with E-state index in [0.29, 0.717) is 63.2 Å². The molecule has 1 saturated carbocycles. The SMILES string of the molecule is O=C(N1CCOCC1)N1CCC2(C1)c1ccccc1S(=O)(=O)N2CC1CC1. The van der Waals surface area contributed by atoms with Crippen molar-refractivity contribution < 1.29 is 17.9 Å². The largest absolute Gasteiger partial charge is 0.378 e. The molecule has 3 fully saturated rings. The number of nitrogens with zero attached hydrogens (tertiary/aromatic N) is 3. The van der Waals surface area contributed by atoms with E-state index in [1.807, 2.05) is 21.9 Å². The smallest absolute Gasteiger partial charge is 0.320 e. The van der Waals surface area contributed by atoms with Crippen molar-refractivity contribution in [2.24, 2.45) is 5.92 Å². The fourth-order valence-electron chi connectivity index (χ4n) is 4.70. The Hall–Kier alpha value is -1.64. The number of hydrogen-bond acceptors (Lipinski definition) is 4. The molecule has 4 aliphatic rings. The highest BCUT2D eigenvalue weighted by Crippen LogP contribution is 2.51. The molecule has 1 aromatic rings. The topological polar surface area (TPSA) is 70.2 Å². The molecule has 2 amide bonds. The fraction of sp³-hybridized carbons (Fsp3) is 0.632. The van der Waals surface area contributed by atoms with Gasteiger partial charge in [0.2, 0.25) is 10.0 Å². The summed E-state index contributed by atoms with van der Waals surface area (Å²) in [4.78, 5) is 17.1. The van der Waals surface area contributed by atoms with Crippen molar-refractivity contribution >= 4 is 16.1 Å². The first-order valence-electron chi connectivity index (χ1n) is 9.76. The first-order valence-corrected chi connectivity index (χ1v) is 11.2. The van der Waals surface area contributed by atoms with Crippen LogP contribution < -0.4 is 0 Å². The number of likely N-dealkylation sites (tertiary alicyclic amines) is 1. The van der Waals surface area contributed by atoms with E-state index in [0.717, 1.165) is 18.4 Å². The molecule has 3 heterocycles. The van der Waals surface area contributed by atoms with Gasteiger partial charge in [0.05, 0.1) is 23.6 Å². The molecule has 0 radical (unpaired) electrons. The van der Waals surface area contributed by atoms with Crippen molar-refractivity contribution in [3.63, 3.8) is 0 Å². The highest BCUT2D eigenvalue weighted by atomic mass is 32.2. The van der Waals surface area contributed by atoms with Crippen LogP contribution in [0.2, 0.25) is 0 Å². The number of carbonyl (C=O) groups excluding carboxylic acids is 1. The Balaban J connectivity index is 1.49. The molecule has 1 aromatic carbocycles. The number of amides is 2. The maximum absolute atomic E-state index is 13.3. The predicted octanol–water partition coefficient (Wildman–Crippen LogP) is 1.45. The zero-order chi connectivity index (χ0) is 18.6. The normalized spacial score (nSPS) is 30.1. The van der Waals surface area contributed by atoms with E-state index in [4.69, 9.17) is 4.74 Å². The zero-order valence-electron chi connectivity index (χ0n) is 15.3. The predicted molar refractivity (Wildman–Crippen MR) is 98.7 cm³/mol. The Morgan fingerprint density at radius 2 is 1.85 bits per heavy atom. The number of hydrogen-bond donors (Lipinski definition) is 0. The molecule has 7 nitrogen and oxygen atoms in total. The van der Waals surface area contributed by atoms with Crippen LogP contribution >= 0.6 is 0 Å². The molecule has 0 N–H and O–H groups in total. The van der Waals surface area contributed by atoms with Crippen molar-refractivity contribution in [2.75, 3.05) is 45.9 Å². The number of ether oxygens (including phenoxy) is 1. The lowest BCUT2D eigenvalue weighted by atomic mass is 9.88. The minimum Gasteiger partial charge on any atom is -0.378 e. The van der Waals surface area contributed by atoms with Crippen LogP contribution in [0.15, 0.2) is 29.2 Å². The van der Waals surface area contributed by atoms with Crippen LogP contribution in [-0.2, 0) is 20.3 Å². The molecule has 146 valence electrons. The number of rotatable bonds is 2. The van der Waals surface area contributed by atoms with E-state index >= 15 is 0 Å². The van der Waals surface area contributed by atoms with Gasteiger partial charge in [0.1, 0.15) is 0 Å². The van der Waals surface area contributed by atoms with E-state index < -0.39 is 15.6 Å². The van der Waals surface area contributed by atoms with Gasteiger partial charge in [-0.05, 0) is 36.8 Å². The van der Waals surface area contributed by atoms with E-state index in [1.165, 1.54) is 0 Å². The van der Waals surface area contributed by atoms with Gasteiger partial charge in [-0.1, -0.05) is 18.2 Å². The molecule has 0 aromatic heterocycles. The van der Waals surface area contributed by atoms with Crippen molar-refractivity contribution in [3.05, 3.63) is 29.8 Å². The average molecular weight is 391 g/mol. The van der Waals surface area contributed by atoms with Gasteiger partial charge in [0.25, 0.3) is 0 Å². The van der Waals surface area contributed by atoms with Crippen LogP contribution in [0.4, 0.5) is 4.79 Å². The zero-order valence-corrected chi connectivity index (χ0v) is 16.2. The monoisotopic (exact) mass is 391 g/mol. The third kappa shape index (κ3) is 2.68. The number of morpholine rings is 1. The first kappa shape index (κ1) is 17.5. The molecule has 1 spiro atoms. The van der Waals surface area contributed by atoms with Crippen LogP contribution in [0.25, 0.3) is 0 Å². The van der Waals surface area contributed by atoms with Gasteiger partial charge in [-0.3, -0.25) is 0 Å². The third-order valence-electron chi connectivity index (χ3n) is 6.35. The summed E-state index contributed by atoms with van der Waals surface area (Å²) in [5.41, 5.74) is 0.253. The lowest BCUT2D eigenvalue weighted by Crippen LogP contribution is -2.51. The summed E-state index contributed by atoms with van der Waals surface area (Å²) in [6.45, 7) is 3.92. The molecule has 3 aliphatic heterocycles. The van der Waals surface area contributed by atoms with E-state index in [-0.39, 0.29) is 6.03 Å². The number of fused-ring (bicyclic) bond motifs is 2. The number of sulfonamides is 1. The molecular formula is C19H25N3O4S. The quantitative estimate of drug-likeness (QED) is 0.765. The van der Waals surface area contributed by atoms with Crippen molar-refractivity contribution in [3.8, 4) is 0 Å². The third-order valence-corrected chi connectivity index (χ3v) is 8.35. The molecule has 5 rings (SSSR count). The van der Waals surface area contributed by atoms with Crippen molar-refractivity contribution in [2.45, 2.75) is 29.7 Å². The van der Waals surface area contributed by atoms with Gasteiger partial charge < -0.3 is 14.5 Å². The van der Waals surface area contributed by atoms with Crippen LogP contribution in [0.3, 0.4) is 0 Å². The molecule has 8 heteroatoms. The van der Waals surface area contributed by atoms with Gasteiger partial charge >= 0.3 is 6.03 Å². The van der Waals surface area contributed by atoms with E-state index in [1.54, 1.807) is 16.4 Å².